The molecule has 0 fully saturated rings. The third-order valence-electron chi connectivity index (χ3n) is 3.13. The molecule has 1 aromatic carbocycles. The molecule has 7 heteroatoms. The van der Waals surface area contributed by atoms with Gasteiger partial charge in [0.1, 0.15) is 11.6 Å². The van der Waals surface area contributed by atoms with Crippen LogP contribution in [-0.4, -0.2) is 18.0 Å². The molecule has 0 saturated carbocycles. The van der Waals surface area contributed by atoms with Crippen molar-refractivity contribution in [2.75, 3.05) is 12.4 Å². The summed E-state index contributed by atoms with van der Waals surface area (Å²) in [5.41, 5.74) is 1.11. The monoisotopic (exact) mass is 348 g/mol. The maximum absolute atomic E-state index is 13.5. The first-order chi connectivity index (χ1) is 11.1. The first-order valence-electron chi connectivity index (χ1n) is 6.74. The second-order valence-electron chi connectivity index (χ2n) is 4.75. The van der Waals surface area contributed by atoms with E-state index in [-0.39, 0.29) is 11.7 Å². The van der Waals surface area contributed by atoms with Gasteiger partial charge < -0.3 is 4.74 Å². The molecule has 0 aliphatic carbocycles. The van der Waals surface area contributed by atoms with Gasteiger partial charge in [0.25, 0.3) is 5.91 Å². The van der Waals surface area contributed by atoms with Gasteiger partial charge in [-0.3, -0.25) is 10.1 Å². The number of carbonyl (C=O) groups is 1. The number of hydrogen-bond acceptors (Lipinski definition) is 5. The van der Waals surface area contributed by atoms with E-state index in [4.69, 9.17) is 4.74 Å². The minimum absolute atomic E-state index is 0.199. The van der Waals surface area contributed by atoms with Crippen LogP contribution in [0.3, 0.4) is 0 Å². The number of rotatable bonds is 4. The number of ether oxygens (including phenoxy) is 1. The number of aromatic nitrogens is 1. The first-order valence-corrected chi connectivity index (χ1v) is 8.43. The van der Waals surface area contributed by atoms with Gasteiger partial charge in [-0.05, 0) is 37.3 Å². The molecule has 0 spiro atoms. The Morgan fingerprint density at radius 3 is 2.83 bits per heavy atom. The molecule has 3 aromatic rings. The molecule has 1 amide bonds. The average molecular weight is 348 g/mol. The highest BCUT2D eigenvalue weighted by molar-refractivity contribution is 7.15. The summed E-state index contributed by atoms with van der Waals surface area (Å²) in [5, 5.41) is 4.98. The third kappa shape index (κ3) is 3.40. The molecule has 118 valence electrons. The minimum atomic E-state index is -0.367. The van der Waals surface area contributed by atoms with Crippen LogP contribution in [0.2, 0.25) is 0 Å². The number of thiazole rings is 1. The molecular formula is C16H13FN2O2S2. The molecule has 2 aromatic heterocycles. The molecule has 0 aliphatic heterocycles. The molecule has 0 aliphatic rings. The number of thiophene rings is 1. The molecule has 0 bridgehead atoms. The van der Waals surface area contributed by atoms with Crippen LogP contribution in [0.5, 0.6) is 5.75 Å². The summed E-state index contributed by atoms with van der Waals surface area (Å²) in [7, 11) is 1.52. The van der Waals surface area contributed by atoms with Crippen molar-refractivity contribution in [2.45, 2.75) is 6.92 Å². The minimum Gasteiger partial charge on any atom is -0.496 e. The van der Waals surface area contributed by atoms with E-state index in [0.29, 0.717) is 27.0 Å². The quantitative estimate of drug-likeness (QED) is 0.751. The fourth-order valence-corrected chi connectivity index (χ4v) is 3.52. The molecule has 2 heterocycles. The van der Waals surface area contributed by atoms with Crippen molar-refractivity contribution >= 4 is 33.7 Å². The van der Waals surface area contributed by atoms with E-state index in [1.165, 1.54) is 41.9 Å². The largest absolute Gasteiger partial charge is 0.496 e. The molecule has 0 radical (unpaired) electrons. The van der Waals surface area contributed by atoms with E-state index in [2.05, 4.69) is 10.3 Å². The zero-order chi connectivity index (χ0) is 16.4. The summed E-state index contributed by atoms with van der Waals surface area (Å²) in [4.78, 5) is 18.2. The zero-order valence-corrected chi connectivity index (χ0v) is 14.1. The highest BCUT2D eigenvalue weighted by atomic mass is 32.1. The second kappa shape index (κ2) is 6.47. The van der Waals surface area contributed by atoms with Gasteiger partial charge in [-0.15, -0.1) is 22.7 Å². The predicted octanol–water partition coefficient (Wildman–Crippen LogP) is 4.58. The Morgan fingerprint density at radius 1 is 1.30 bits per heavy atom. The predicted molar refractivity (Wildman–Crippen MR) is 91.1 cm³/mol. The average Bonchev–Trinajstić information content (AvgIpc) is 3.16. The van der Waals surface area contributed by atoms with E-state index in [1.54, 1.807) is 17.5 Å². The molecular weight excluding hydrogens is 335 g/mol. The fraction of sp³-hybridized carbons (Fsp3) is 0.125. The first kappa shape index (κ1) is 15.6. The van der Waals surface area contributed by atoms with E-state index in [0.717, 1.165) is 4.88 Å². The molecule has 3 rings (SSSR count). The van der Waals surface area contributed by atoms with Gasteiger partial charge in [0.2, 0.25) is 0 Å². The van der Waals surface area contributed by atoms with Crippen LogP contribution in [0.25, 0.3) is 11.3 Å². The number of halogens is 1. The van der Waals surface area contributed by atoms with Crippen LogP contribution in [-0.2, 0) is 0 Å². The summed E-state index contributed by atoms with van der Waals surface area (Å²) >= 11 is 2.70. The van der Waals surface area contributed by atoms with Gasteiger partial charge >= 0.3 is 0 Å². The second-order valence-corrected chi connectivity index (χ2v) is 6.89. The van der Waals surface area contributed by atoms with Crippen molar-refractivity contribution in [1.82, 2.24) is 4.98 Å². The van der Waals surface area contributed by atoms with Gasteiger partial charge in [0.05, 0.1) is 17.7 Å². The Morgan fingerprint density at radius 2 is 2.13 bits per heavy atom. The van der Waals surface area contributed by atoms with E-state index < -0.39 is 0 Å². The van der Waals surface area contributed by atoms with Gasteiger partial charge in [-0.25, -0.2) is 9.37 Å². The van der Waals surface area contributed by atoms with Crippen molar-refractivity contribution < 1.29 is 13.9 Å². The highest BCUT2D eigenvalue weighted by Gasteiger charge is 2.14. The van der Waals surface area contributed by atoms with Crippen LogP contribution in [0, 0.1) is 12.7 Å². The van der Waals surface area contributed by atoms with Gasteiger partial charge in [-0.1, -0.05) is 0 Å². The molecule has 23 heavy (non-hydrogen) atoms. The van der Waals surface area contributed by atoms with Crippen molar-refractivity contribution in [3.63, 3.8) is 0 Å². The summed E-state index contributed by atoms with van der Waals surface area (Å²) in [6, 6.07) is 7.92. The fourth-order valence-electron chi connectivity index (χ4n) is 2.05. The number of aryl methyl sites for hydroxylation is 1. The van der Waals surface area contributed by atoms with E-state index in [9.17, 15) is 9.18 Å². The number of amides is 1. The number of hydrogen-bond donors (Lipinski definition) is 1. The van der Waals surface area contributed by atoms with Crippen molar-refractivity contribution in [3.05, 3.63) is 51.3 Å². The highest BCUT2D eigenvalue weighted by Crippen LogP contribution is 2.33. The van der Waals surface area contributed by atoms with Gasteiger partial charge in [-0.2, -0.15) is 0 Å². The number of nitrogens with zero attached hydrogens (tertiary/aromatic N) is 1. The smallest absolute Gasteiger partial charge is 0.267 e. The number of anilines is 1. The number of methoxy groups -OCH3 is 1. The third-order valence-corrected chi connectivity index (χ3v) is 4.88. The van der Waals surface area contributed by atoms with Crippen LogP contribution < -0.4 is 10.1 Å². The SMILES string of the molecule is COc1ccc(F)cc1-c1csc(NC(=O)c2ccc(C)s2)n1. The molecule has 4 nitrogen and oxygen atoms in total. The summed E-state index contributed by atoms with van der Waals surface area (Å²) in [5.74, 6) is -0.0351. The normalized spacial score (nSPS) is 10.6. The molecule has 0 unspecified atom stereocenters. The van der Waals surface area contributed by atoms with E-state index in [1.807, 2.05) is 13.0 Å². The lowest BCUT2D eigenvalue weighted by Crippen LogP contribution is -2.09. The number of nitrogens with one attached hydrogen (secondary N) is 1. The van der Waals surface area contributed by atoms with Crippen LogP contribution >= 0.6 is 22.7 Å². The van der Waals surface area contributed by atoms with Crippen molar-refractivity contribution in [1.29, 1.82) is 0 Å². The maximum Gasteiger partial charge on any atom is 0.267 e. The van der Waals surface area contributed by atoms with Crippen LogP contribution in [0.15, 0.2) is 35.7 Å². The summed E-state index contributed by atoms with van der Waals surface area (Å²) < 4.78 is 18.7. The van der Waals surface area contributed by atoms with Crippen molar-refractivity contribution in [3.8, 4) is 17.0 Å². The lowest BCUT2D eigenvalue weighted by Gasteiger charge is -2.05. The van der Waals surface area contributed by atoms with Crippen molar-refractivity contribution in [2.24, 2.45) is 0 Å². The number of benzene rings is 1. The van der Waals surface area contributed by atoms with Crippen LogP contribution in [0.4, 0.5) is 9.52 Å². The van der Waals surface area contributed by atoms with E-state index >= 15 is 0 Å². The summed E-state index contributed by atoms with van der Waals surface area (Å²) in [6.07, 6.45) is 0. The molecule has 0 atom stereocenters. The zero-order valence-electron chi connectivity index (χ0n) is 12.4. The Balaban J connectivity index is 1.83. The summed E-state index contributed by atoms with van der Waals surface area (Å²) in [6.45, 7) is 1.94. The topological polar surface area (TPSA) is 51.2 Å². The van der Waals surface area contributed by atoms with Gasteiger partial charge in [0, 0.05) is 15.8 Å². The van der Waals surface area contributed by atoms with Crippen LogP contribution in [0.1, 0.15) is 14.5 Å². The standard InChI is InChI=1S/C16H13FN2O2S2/c1-9-3-6-14(23-9)15(20)19-16-18-12(8-22-16)11-7-10(17)4-5-13(11)21-2/h3-8H,1-2H3,(H,18,19,20). The maximum atomic E-state index is 13.5. The van der Waals surface area contributed by atoms with Gasteiger partial charge in [0.15, 0.2) is 5.13 Å². The number of carbonyl (C=O) groups excluding carboxylic acids is 1. The Kier molecular flexibility index (Phi) is 4.40. The molecule has 1 N–H and O–H groups in total. The lowest BCUT2D eigenvalue weighted by atomic mass is 10.1. The Bertz CT molecular complexity index is 857. The molecule has 0 saturated heterocycles. The lowest BCUT2D eigenvalue weighted by molar-refractivity contribution is 0.103. The Hall–Kier alpha value is -2.25. The Labute approximate surface area is 140 Å².